The average Bonchev–Trinajstić information content (AvgIpc) is 3.45. The van der Waals surface area contributed by atoms with Crippen molar-refractivity contribution in [2.24, 2.45) is 0 Å². The number of imide groups is 1. The van der Waals surface area contributed by atoms with E-state index in [1.54, 1.807) is 18.2 Å². The molecular weight excluding hydrogens is 428 g/mol. The van der Waals surface area contributed by atoms with Gasteiger partial charge < -0.3 is 13.7 Å². The van der Waals surface area contributed by atoms with Crippen LogP contribution in [0.15, 0.2) is 64.1 Å². The summed E-state index contributed by atoms with van der Waals surface area (Å²) in [6.07, 6.45) is 3.53. The number of hydrogen-bond donors (Lipinski definition) is 0. The quantitative estimate of drug-likeness (QED) is 0.419. The van der Waals surface area contributed by atoms with Gasteiger partial charge in [0.2, 0.25) is 5.76 Å². The fourth-order valence-corrected chi connectivity index (χ4v) is 3.90. The van der Waals surface area contributed by atoms with Crippen molar-refractivity contribution in [3.63, 3.8) is 0 Å². The largest absolute Gasteiger partial charge is 0.463 e. The van der Waals surface area contributed by atoms with Gasteiger partial charge in [-0.1, -0.05) is 11.6 Å². The van der Waals surface area contributed by atoms with Gasteiger partial charge >= 0.3 is 5.97 Å². The zero-order valence-electron chi connectivity index (χ0n) is 15.7. The maximum atomic E-state index is 12.8. The maximum absolute atomic E-state index is 12.8. The molecule has 30 heavy (non-hydrogen) atoms. The van der Waals surface area contributed by atoms with Gasteiger partial charge in [0.05, 0.1) is 18.6 Å². The van der Waals surface area contributed by atoms with Crippen molar-refractivity contribution in [3.05, 3.63) is 81.9 Å². The summed E-state index contributed by atoms with van der Waals surface area (Å²) in [7, 11) is 1.24. The molecule has 0 N–H and O–H groups in total. The van der Waals surface area contributed by atoms with Crippen LogP contribution in [0.2, 0.25) is 5.02 Å². The monoisotopic (exact) mass is 442 g/mol. The molecule has 2 amide bonds. The molecule has 1 saturated heterocycles. The van der Waals surface area contributed by atoms with Crippen LogP contribution in [0, 0.1) is 0 Å². The second-order valence-corrected chi connectivity index (χ2v) is 7.73. The molecule has 152 valence electrons. The summed E-state index contributed by atoms with van der Waals surface area (Å²) in [5, 5.41) is 0.216. The minimum Gasteiger partial charge on any atom is -0.463 e. The molecule has 9 heteroatoms. The molecule has 1 aliphatic heterocycles. The highest BCUT2D eigenvalue weighted by atomic mass is 35.5. The van der Waals surface area contributed by atoms with Crippen molar-refractivity contribution in [1.82, 2.24) is 9.47 Å². The third-order valence-corrected chi connectivity index (χ3v) is 5.56. The van der Waals surface area contributed by atoms with Gasteiger partial charge in [-0.05, 0) is 66.4 Å². The number of aromatic nitrogens is 1. The number of carbonyl (C=O) groups excluding carboxylic acids is 3. The van der Waals surface area contributed by atoms with Crippen molar-refractivity contribution in [2.45, 2.75) is 6.54 Å². The van der Waals surface area contributed by atoms with E-state index in [-0.39, 0.29) is 12.3 Å². The van der Waals surface area contributed by atoms with E-state index in [9.17, 15) is 14.4 Å². The number of amides is 2. The van der Waals surface area contributed by atoms with Gasteiger partial charge in [-0.3, -0.25) is 14.5 Å². The first-order valence-corrected chi connectivity index (χ1v) is 10.0. The Morgan fingerprint density at radius 3 is 2.67 bits per heavy atom. The van der Waals surface area contributed by atoms with Crippen molar-refractivity contribution >= 4 is 46.6 Å². The van der Waals surface area contributed by atoms with Crippen LogP contribution in [0.3, 0.4) is 0 Å². The van der Waals surface area contributed by atoms with E-state index in [0.29, 0.717) is 15.7 Å². The minimum atomic E-state index is -0.627. The molecule has 0 radical (unpaired) electrons. The van der Waals surface area contributed by atoms with Gasteiger partial charge in [-0.15, -0.1) is 0 Å². The summed E-state index contributed by atoms with van der Waals surface area (Å²) in [4.78, 5) is 38.1. The van der Waals surface area contributed by atoms with Gasteiger partial charge in [0.25, 0.3) is 11.1 Å². The third-order valence-electron chi connectivity index (χ3n) is 4.40. The number of thioether (sulfide) groups is 1. The Balaban J connectivity index is 1.55. The molecule has 0 aliphatic carbocycles. The Labute approximate surface area is 180 Å². The maximum Gasteiger partial charge on any atom is 0.373 e. The first kappa shape index (κ1) is 20.1. The number of ether oxygens (including phenoxy) is 1. The Hall–Kier alpha value is -3.23. The van der Waals surface area contributed by atoms with Crippen LogP contribution in [0.5, 0.6) is 0 Å². The van der Waals surface area contributed by atoms with E-state index >= 15 is 0 Å². The standard InChI is InChI=1S/C21H15ClN2O5S/c1-28-20(26)17-9-8-16(29-17)12-24-19(25)18(30-21(24)27)11-15-3-2-10-23(15)14-6-4-13(22)5-7-14/h2-11H,12H2,1H3. The van der Waals surface area contributed by atoms with E-state index in [4.69, 9.17) is 16.0 Å². The lowest BCUT2D eigenvalue weighted by Crippen LogP contribution is -2.27. The summed E-state index contributed by atoms with van der Waals surface area (Å²) in [5.74, 6) is -0.734. The summed E-state index contributed by atoms with van der Waals surface area (Å²) >= 11 is 6.80. The topological polar surface area (TPSA) is 81.8 Å². The molecule has 0 atom stereocenters. The van der Waals surface area contributed by atoms with Crippen molar-refractivity contribution in [2.75, 3.05) is 7.11 Å². The number of methoxy groups -OCH3 is 1. The van der Waals surface area contributed by atoms with E-state index in [0.717, 1.165) is 28.0 Å². The van der Waals surface area contributed by atoms with E-state index in [1.807, 2.05) is 35.0 Å². The predicted octanol–water partition coefficient (Wildman–Crippen LogP) is 4.75. The van der Waals surface area contributed by atoms with Crippen molar-refractivity contribution < 1.29 is 23.5 Å². The number of benzene rings is 1. The smallest absolute Gasteiger partial charge is 0.373 e. The second-order valence-electron chi connectivity index (χ2n) is 6.30. The summed E-state index contributed by atoms with van der Waals surface area (Å²) in [5.41, 5.74) is 1.62. The number of nitrogens with zero attached hydrogens (tertiary/aromatic N) is 2. The minimum absolute atomic E-state index is 0.0100. The van der Waals surface area contributed by atoms with Crippen molar-refractivity contribution in [1.29, 1.82) is 0 Å². The number of esters is 1. The molecule has 0 unspecified atom stereocenters. The molecule has 0 spiro atoms. The van der Waals surface area contributed by atoms with Gasteiger partial charge in [0.15, 0.2) is 0 Å². The summed E-state index contributed by atoms with van der Waals surface area (Å²) < 4.78 is 11.8. The molecule has 2 aromatic heterocycles. The lowest BCUT2D eigenvalue weighted by atomic mass is 10.3. The normalized spacial score (nSPS) is 15.3. The molecule has 0 saturated carbocycles. The Kier molecular flexibility index (Phi) is 5.52. The van der Waals surface area contributed by atoms with Crippen LogP contribution in [0.25, 0.3) is 11.8 Å². The lowest BCUT2D eigenvalue weighted by Gasteiger charge is -2.10. The zero-order chi connectivity index (χ0) is 21.3. The lowest BCUT2D eigenvalue weighted by molar-refractivity contribution is -0.123. The number of hydrogen-bond acceptors (Lipinski definition) is 6. The van der Waals surface area contributed by atoms with Gasteiger partial charge in [0, 0.05) is 22.6 Å². The van der Waals surface area contributed by atoms with Crippen LogP contribution in [-0.2, 0) is 16.1 Å². The van der Waals surface area contributed by atoms with Gasteiger partial charge in [0.1, 0.15) is 5.76 Å². The molecule has 1 aromatic carbocycles. The van der Waals surface area contributed by atoms with E-state index in [2.05, 4.69) is 4.74 Å². The van der Waals surface area contributed by atoms with Crippen LogP contribution < -0.4 is 0 Å². The highest BCUT2D eigenvalue weighted by Gasteiger charge is 2.36. The molecule has 3 heterocycles. The van der Waals surface area contributed by atoms with Crippen molar-refractivity contribution in [3.8, 4) is 5.69 Å². The first-order valence-electron chi connectivity index (χ1n) is 8.82. The predicted molar refractivity (Wildman–Crippen MR) is 112 cm³/mol. The number of furan rings is 1. The third kappa shape index (κ3) is 3.92. The highest BCUT2D eigenvalue weighted by Crippen LogP contribution is 2.34. The first-order chi connectivity index (χ1) is 14.5. The van der Waals surface area contributed by atoms with E-state index in [1.165, 1.54) is 19.2 Å². The van der Waals surface area contributed by atoms with Gasteiger partial charge in [-0.25, -0.2) is 4.79 Å². The molecule has 1 aliphatic rings. The Morgan fingerprint density at radius 1 is 1.17 bits per heavy atom. The van der Waals surface area contributed by atoms with Crippen LogP contribution in [0.1, 0.15) is 22.0 Å². The zero-order valence-corrected chi connectivity index (χ0v) is 17.3. The number of carbonyl (C=O) groups is 3. The molecule has 0 bridgehead atoms. The second kappa shape index (κ2) is 8.25. The Morgan fingerprint density at radius 2 is 1.93 bits per heavy atom. The molecule has 7 nitrogen and oxygen atoms in total. The highest BCUT2D eigenvalue weighted by molar-refractivity contribution is 8.18. The molecule has 4 rings (SSSR count). The fraction of sp³-hybridized carbons (Fsp3) is 0.0952. The van der Waals surface area contributed by atoms with Crippen LogP contribution in [0.4, 0.5) is 4.79 Å². The van der Waals surface area contributed by atoms with Crippen LogP contribution in [-0.4, -0.2) is 33.7 Å². The molecular formula is C21H15ClN2O5S. The molecule has 1 fully saturated rings. The number of halogens is 1. The van der Waals surface area contributed by atoms with E-state index < -0.39 is 17.1 Å². The number of rotatable bonds is 5. The summed E-state index contributed by atoms with van der Waals surface area (Å²) in [6, 6.07) is 13.9. The fourth-order valence-electron chi connectivity index (χ4n) is 2.95. The van der Waals surface area contributed by atoms with Crippen LogP contribution >= 0.6 is 23.4 Å². The molecule has 3 aromatic rings. The summed E-state index contributed by atoms with van der Waals surface area (Å²) in [6.45, 7) is -0.0722. The van der Waals surface area contributed by atoms with Gasteiger partial charge in [-0.2, -0.15) is 0 Å². The SMILES string of the molecule is COC(=O)c1ccc(CN2C(=O)SC(=Cc3cccn3-c3ccc(Cl)cc3)C2=O)o1. The Bertz CT molecular complexity index is 1160. The average molecular weight is 443 g/mol.